The van der Waals surface area contributed by atoms with E-state index in [9.17, 15) is 0 Å². The van der Waals surface area contributed by atoms with Crippen LogP contribution in [-0.2, 0) is 6.54 Å². The van der Waals surface area contributed by atoms with E-state index in [4.69, 9.17) is 23.8 Å². The SMILES string of the molecule is C#CCN(CCC)Cc1cc(N)cc(Cl)c1. The van der Waals surface area contributed by atoms with E-state index in [0.29, 0.717) is 17.3 Å². The van der Waals surface area contributed by atoms with Crippen molar-refractivity contribution in [1.82, 2.24) is 4.90 Å². The van der Waals surface area contributed by atoms with Gasteiger partial charge >= 0.3 is 0 Å². The number of nitrogens with two attached hydrogens (primary N) is 1. The molecule has 0 atom stereocenters. The van der Waals surface area contributed by atoms with Gasteiger partial charge in [0.05, 0.1) is 6.54 Å². The first-order valence-electron chi connectivity index (χ1n) is 5.36. The molecule has 0 aromatic heterocycles. The van der Waals surface area contributed by atoms with Gasteiger partial charge in [-0.15, -0.1) is 6.42 Å². The Labute approximate surface area is 102 Å². The molecule has 0 aliphatic carbocycles. The third-order valence-electron chi connectivity index (χ3n) is 2.24. The monoisotopic (exact) mass is 236 g/mol. The van der Waals surface area contributed by atoms with Gasteiger partial charge in [0.1, 0.15) is 0 Å². The summed E-state index contributed by atoms with van der Waals surface area (Å²) >= 11 is 5.95. The molecule has 0 fully saturated rings. The first-order chi connectivity index (χ1) is 7.65. The minimum atomic E-state index is 0.653. The zero-order valence-corrected chi connectivity index (χ0v) is 10.3. The van der Waals surface area contributed by atoms with Crippen LogP contribution in [0.4, 0.5) is 5.69 Å². The Hall–Kier alpha value is -1.17. The highest BCUT2D eigenvalue weighted by Gasteiger charge is 2.04. The van der Waals surface area contributed by atoms with Crippen molar-refractivity contribution in [3.05, 3.63) is 28.8 Å². The maximum absolute atomic E-state index is 5.95. The lowest BCUT2D eigenvalue weighted by Crippen LogP contribution is -2.24. The molecule has 1 aromatic carbocycles. The van der Waals surface area contributed by atoms with Crippen LogP contribution in [-0.4, -0.2) is 18.0 Å². The van der Waals surface area contributed by atoms with E-state index in [1.807, 2.05) is 12.1 Å². The molecule has 0 radical (unpaired) electrons. The van der Waals surface area contributed by atoms with Gasteiger partial charge < -0.3 is 5.73 Å². The van der Waals surface area contributed by atoms with Crippen molar-refractivity contribution in [3.8, 4) is 12.3 Å². The van der Waals surface area contributed by atoms with Gasteiger partial charge in [0.15, 0.2) is 0 Å². The molecule has 0 saturated heterocycles. The highest BCUT2D eigenvalue weighted by atomic mass is 35.5. The molecule has 3 heteroatoms. The van der Waals surface area contributed by atoms with Crippen LogP contribution in [0.3, 0.4) is 0 Å². The Kier molecular flexibility index (Phi) is 5.18. The molecule has 1 rings (SSSR count). The number of benzene rings is 1. The first-order valence-corrected chi connectivity index (χ1v) is 5.74. The molecule has 16 heavy (non-hydrogen) atoms. The highest BCUT2D eigenvalue weighted by molar-refractivity contribution is 6.30. The predicted molar refractivity (Wildman–Crippen MR) is 70.3 cm³/mol. The van der Waals surface area contributed by atoms with E-state index >= 15 is 0 Å². The van der Waals surface area contributed by atoms with E-state index in [0.717, 1.165) is 25.1 Å². The van der Waals surface area contributed by atoms with E-state index in [-0.39, 0.29) is 0 Å². The van der Waals surface area contributed by atoms with Crippen molar-refractivity contribution in [2.45, 2.75) is 19.9 Å². The summed E-state index contributed by atoms with van der Waals surface area (Å²) in [6.07, 6.45) is 6.41. The molecule has 86 valence electrons. The Bertz CT molecular complexity index is 362. The van der Waals surface area contributed by atoms with E-state index in [1.165, 1.54) is 0 Å². The van der Waals surface area contributed by atoms with Gasteiger partial charge in [-0.2, -0.15) is 0 Å². The molecule has 0 spiro atoms. The van der Waals surface area contributed by atoms with Crippen molar-refractivity contribution in [2.75, 3.05) is 18.8 Å². The van der Waals surface area contributed by atoms with Gasteiger partial charge in [-0.05, 0) is 36.7 Å². The van der Waals surface area contributed by atoms with E-state index in [1.54, 1.807) is 6.07 Å². The molecule has 0 aliphatic heterocycles. The molecule has 0 heterocycles. The van der Waals surface area contributed by atoms with Crippen LogP contribution in [0, 0.1) is 12.3 Å². The van der Waals surface area contributed by atoms with Gasteiger partial charge in [-0.3, -0.25) is 4.90 Å². The number of nitrogens with zero attached hydrogens (tertiary/aromatic N) is 1. The summed E-state index contributed by atoms with van der Waals surface area (Å²) in [5.74, 6) is 2.66. The second-order valence-corrected chi connectivity index (χ2v) is 4.24. The Balaban J connectivity index is 2.73. The largest absolute Gasteiger partial charge is 0.399 e. The molecule has 2 N–H and O–H groups in total. The summed E-state index contributed by atoms with van der Waals surface area (Å²) in [6, 6.07) is 5.61. The topological polar surface area (TPSA) is 29.3 Å². The van der Waals surface area contributed by atoms with Crippen LogP contribution in [0.2, 0.25) is 5.02 Å². The fourth-order valence-corrected chi connectivity index (χ4v) is 1.95. The summed E-state index contributed by atoms with van der Waals surface area (Å²) in [4.78, 5) is 2.20. The zero-order chi connectivity index (χ0) is 12.0. The van der Waals surface area contributed by atoms with Crippen LogP contribution < -0.4 is 5.73 Å². The lowest BCUT2D eigenvalue weighted by molar-refractivity contribution is 0.300. The fraction of sp³-hybridized carbons (Fsp3) is 0.385. The summed E-state index contributed by atoms with van der Waals surface area (Å²) in [6.45, 7) is 4.57. The van der Waals surface area contributed by atoms with Crippen molar-refractivity contribution in [3.63, 3.8) is 0 Å². The maximum atomic E-state index is 5.95. The molecule has 1 aromatic rings. The molecule has 0 saturated carbocycles. The summed E-state index contributed by atoms with van der Waals surface area (Å²) < 4.78 is 0. The number of nitrogen functional groups attached to an aromatic ring is 1. The molecule has 0 amide bonds. The second kappa shape index (κ2) is 6.42. The average Bonchev–Trinajstić information content (AvgIpc) is 2.16. The minimum absolute atomic E-state index is 0.653. The Morgan fingerprint density at radius 2 is 2.19 bits per heavy atom. The predicted octanol–water partition coefficient (Wildman–Crippen LogP) is 2.77. The quantitative estimate of drug-likeness (QED) is 0.629. The van der Waals surface area contributed by atoms with Crippen molar-refractivity contribution in [1.29, 1.82) is 0 Å². The minimum Gasteiger partial charge on any atom is -0.399 e. The smallest absolute Gasteiger partial charge is 0.0601 e. The molecule has 0 bridgehead atoms. The van der Waals surface area contributed by atoms with Gasteiger partial charge in [-0.25, -0.2) is 0 Å². The summed E-state index contributed by atoms with van der Waals surface area (Å²) in [7, 11) is 0. The lowest BCUT2D eigenvalue weighted by Gasteiger charge is -2.19. The second-order valence-electron chi connectivity index (χ2n) is 3.81. The molecule has 2 nitrogen and oxygen atoms in total. The number of hydrogen-bond donors (Lipinski definition) is 1. The first kappa shape index (κ1) is 12.9. The molecular weight excluding hydrogens is 220 g/mol. The Morgan fingerprint density at radius 1 is 1.44 bits per heavy atom. The normalized spacial score (nSPS) is 10.4. The van der Waals surface area contributed by atoms with Crippen LogP contribution in [0.1, 0.15) is 18.9 Å². The lowest BCUT2D eigenvalue weighted by atomic mass is 10.2. The number of halogens is 1. The van der Waals surface area contributed by atoms with Crippen molar-refractivity contribution >= 4 is 17.3 Å². The van der Waals surface area contributed by atoms with Gasteiger partial charge in [0, 0.05) is 17.3 Å². The number of anilines is 1. The van der Waals surface area contributed by atoms with Gasteiger partial charge in [0.2, 0.25) is 0 Å². The van der Waals surface area contributed by atoms with E-state index in [2.05, 4.69) is 17.7 Å². The van der Waals surface area contributed by atoms with E-state index < -0.39 is 0 Å². The van der Waals surface area contributed by atoms with Crippen molar-refractivity contribution in [2.24, 2.45) is 0 Å². The highest BCUT2D eigenvalue weighted by Crippen LogP contribution is 2.17. The van der Waals surface area contributed by atoms with Gasteiger partial charge in [-0.1, -0.05) is 24.4 Å². The molecule has 0 aliphatic rings. The third kappa shape index (κ3) is 4.14. The van der Waals surface area contributed by atoms with Crippen LogP contribution in [0.5, 0.6) is 0 Å². The van der Waals surface area contributed by atoms with Crippen LogP contribution in [0.15, 0.2) is 18.2 Å². The number of terminal acetylenes is 1. The fourth-order valence-electron chi connectivity index (χ4n) is 1.68. The maximum Gasteiger partial charge on any atom is 0.0601 e. The molecular formula is C13H17ClN2. The van der Waals surface area contributed by atoms with Crippen LogP contribution >= 0.6 is 11.6 Å². The summed E-state index contributed by atoms with van der Waals surface area (Å²) in [5, 5.41) is 0.673. The Morgan fingerprint density at radius 3 is 2.75 bits per heavy atom. The summed E-state index contributed by atoms with van der Waals surface area (Å²) in [5.41, 5.74) is 7.54. The molecule has 0 unspecified atom stereocenters. The van der Waals surface area contributed by atoms with Crippen molar-refractivity contribution < 1.29 is 0 Å². The standard InChI is InChI=1S/C13H17ClN2/c1-3-5-16(6-4-2)10-11-7-12(14)9-13(15)8-11/h1,7-9H,4-6,10,15H2,2H3. The number of rotatable bonds is 5. The zero-order valence-electron chi connectivity index (χ0n) is 9.54. The number of hydrogen-bond acceptors (Lipinski definition) is 2. The van der Waals surface area contributed by atoms with Crippen LogP contribution in [0.25, 0.3) is 0 Å². The van der Waals surface area contributed by atoms with Gasteiger partial charge in [0.25, 0.3) is 0 Å². The average molecular weight is 237 g/mol. The third-order valence-corrected chi connectivity index (χ3v) is 2.46.